The number of aromatic nitrogens is 2. The maximum absolute atomic E-state index is 13.3. The third-order valence-corrected chi connectivity index (χ3v) is 5.19. The van der Waals surface area contributed by atoms with Gasteiger partial charge in [0.25, 0.3) is 5.91 Å². The van der Waals surface area contributed by atoms with Gasteiger partial charge in [-0.15, -0.1) is 0 Å². The van der Waals surface area contributed by atoms with Crippen molar-refractivity contribution in [2.75, 3.05) is 22.9 Å². The van der Waals surface area contributed by atoms with Gasteiger partial charge in [0.1, 0.15) is 0 Å². The highest BCUT2D eigenvalue weighted by molar-refractivity contribution is 6.12. The number of carbonyl (C=O) groups is 1. The van der Waals surface area contributed by atoms with E-state index in [2.05, 4.69) is 28.2 Å². The number of amides is 1. The molecule has 3 aromatic rings. The molecule has 1 aromatic carbocycles. The lowest BCUT2D eigenvalue weighted by Gasteiger charge is -2.37. The number of carbonyl (C=O) groups excluding carboxylic acids is 1. The van der Waals surface area contributed by atoms with E-state index in [-0.39, 0.29) is 5.91 Å². The highest BCUT2D eigenvalue weighted by Gasteiger charge is 2.35. The fourth-order valence-corrected chi connectivity index (χ4v) is 3.76. The number of hydrogen-bond donors (Lipinski definition) is 0. The highest BCUT2D eigenvalue weighted by Crippen LogP contribution is 2.40. The maximum atomic E-state index is 13.3. The van der Waals surface area contributed by atoms with Crippen molar-refractivity contribution in [2.45, 2.75) is 25.8 Å². The summed E-state index contributed by atoms with van der Waals surface area (Å²) in [5, 5.41) is 4.34. The number of anilines is 2. The van der Waals surface area contributed by atoms with E-state index in [1.807, 2.05) is 36.2 Å². The topological polar surface area (TPSA) is 40.9 Å². The quantitative estimate of drug-likeness (QED) is 0.723. The third-order valence-electron chi connectivity index (χ3n) is 5.19. The second kappa shape index (κ2) is 5.34. The molecule has 5 heteroatoms. The number of para-hydroxylation sites is 2. The maximum Gasteiger partial charge on any atom is 0.262 e. The lowest BCUT2D eigenvalue weighted by molar-refractivity contribution is 0.0988. The molecule has 1 fully saturated rings. The summed E-state index contributed by atoms with van der Waals surface area (Å²) in [6.07, 6.45) is 6.11. The van der Waals surface area contributed by atoms with E-state index in [4.69, 9.17) is 0 Å². The fraction of sp³-hybridized carbons (Fsp3) is 0.300. The van der Waals surface area contributed by atoms with Gasteiger partial charge in [-0.05, 0) is 49.6 Å². The van der Waals surface area contributed by atoms with Crippen LogP contribution in [0, 0.1) is 6.92 Å². The van der Waals surface area contributed by atoms with Gasteiger partial charge >= 0.3 is 0 Å². The van der Waals surface area contributed by atoms with Crippen LogP contribution in [0.1, 0.15) is 28.8 Å². The SMILES string of the molecule is Cc1ccn2ncc(C(=O)N3CCN(C4CC4)c4ccccc43)c2c1. The van der Waals surface area contributed by atoms with E-state index < -0.39 is 0 Å². The van der Waals surface area contributed by atoms with Crippen LogP contribution in [-0.2, 0) is 0 Å². The van der Waals surface area contributed by atoms with Gasteiger partial charge in [-0.3, -0.25) is 4.79 Å². The molecule has 25 heavy (non-hydrogen) atoms. The minimum Gasteiger partial charge on any atom is -0.365 e. The Morgan fingerprint density at radius 2 is 1.92 bits per heavy atom. The normalized spacial score (nSPS) is 17.0. The Labute approximate surface area is 146 Å². The van der Waals surface area contributed by atoms with Crippen molar-refractivity contribution < 1.29 is 4.79 Å². The van der Waals surface area contributed by atoms with Crippen LogP contribution in [0.3, 0.4) is 0 Å². The van der Waals surface area contributed by atoms with Crippen molar-refractivity contribution in [1.29, 1.82) is 0 Å². The summed E-state index contributed by atoms with van der Waals surface area (Å²) in [4.78, 5) is 17.7. The Bertz CT molecular complexity index is 973. The molecule has 1 aliphatic carbocycles. The molecule has 0 unspecified atom stereocenters. The second-order valence-electron chi connectivity index (χ2n) is 6.96. The Morgan fingerprint density at radius 3 is 2.72 bits per heavy atom. The predicted octanol–water partition coefficient (Wildman–Crippen LogP) is 3.27. The van der Waals surface area contributed by atoms with E-state index in [1.54, 1.807) is 10.7 Å². The van der Waals surface area contributed by atoms with Crippen LogP contribution in [-0.4, -0.2) is 34.7 Å². The van der Waals surface area contributed by atoms with Gasteiger partial charge in [0.2, 0.25) is 0 Å². The summed E-state index contributed by atoms with van der Waals surface area (Å²) in [6.45, 7) is 3.64. The number of fused-ring (bicyclic) bond motifs is 2. The number of aryl methyl sites for hydroxylation is 1. The van der Waals surface area contributed by atoms with E-state index in [0.717, 1.165) is 29.9 Å². The first kappa shape index (κ1) is 14.5. The number of benzene rings is 1. The average molecular weight is 332 g/mol. The van der Waals surface area contributed by atoms with Crippen LogP contribution in [0.5, 0.6) is 0 Å². The van der Waals surface area contributed by atoms with Crippen molar-refractivity contribution in [3.8, 4) is 0 Å². The van der Waals surface area contributed by atoms with Crippen LogP contribution in [0.4, 0.5) is 11.4 Å². The van der Waals surface area contributed by atoms with Crippen molar-refractivity contribution in [1.82, 2.24) is 9.61 Å². The Morgan fingerprint density at radius 1 is 1.12 bits per heavy atom. The first-order valence-electron chi connectivity index (χ1n) is 8.84. The average Bonchev–Trinajstić information content (AvgIpc) is 3.40. The van der Waals surface area contributed by atoms with Gasteiger partial charge in [-0.2, -0.15) is 5.10 Å². The van der Waals surface area contributed by atoms with Crippen molar-refractivity contribution in [2.24, 2.45) is 0 Å². The zero-order chi connectivity index (χ0) is 17.0. The molecule has 2 aliphatic rings. The second-order valence-corrected chi connectivity index (χ2v) is 6.96. The molecule has 1 aliphatic heterocycles. The molecule has 1 amide bonds. The standard InChI is InChI=1S/C20H20N4O/c1-14-8-9-24-19(12-14)16(13-21-24)20(25)23-11-10-22(15-6-7-15)17-4-2-3-5-18(17)23/h2-5,8-9,12-13,15H,6-7,10-11H2,1H3. The molecule has 1 saturated carbocycles. The van der Waals surface area contributed by atoms with Crippen LogP contribution in [0.25, 0.3) is 5.52 Å². The van der Waals surface area contributed by atoms with Gasteiger partial charge in [0, 0.05) is 25.3 Å². The zero-order valence-corrected chi connectivity index (χ0v) is 14.2. The minimum atomic E-state index is 0.0310. The smallest absolute Gasteiger partial charge is 0.262 e. The van der Waals surface area contributed by atoms with Gasteiger partial charge in [0.05, 0.1) is 28.7 Å². The fourth-order valence-electron chi connectivity index (χ4n) is 3.76. The molecule has 5 rings (SSSR count). The number of pyridine rings is 1. The minimum absolute atomic E-state index is 0.0310. The van der Waals surface area contributed by atoms with Crippen molar-refractivity contribution >= 4 is 22.8 Å². The van der Waals surface area contributed by atoms with Crippen molar-refractivity contribution in [3.05, 3.63) is 59.9 Å². The molecule has 0 atom stereocenters. The van der Waals surface area contributed by atoms with E-state index >= 15 is 0 Å². The zero-order valence-electron chi connectivity index (χ0n) is 14.2. The lowest BCUT2D eigenvalue weighted by atomic mass is 10.1. The Kier molecular flexibility index (Phi) is 3.10. The molecule has 126 valence electrons. The van der Waals surface area contributed by atoms with Crippen LogP contribution in [0.15, 0.2) is 48.8 Å². The van der Waals surface area contributed by atoms with Gasteiger partial charge in [-0.1, -0.05) is 12.1 Å². The monoisotopic (exact) mass is 332 g/mol. The lowest BCUT2D eigenvalue weighted by Crippen LogP contribution is -2.45. The van der Waals surface area contributed by atoms with Crippen LogP contribution >= 0.6 is 0 Å². The van der Waals surface area contributed by atoms with Crippen LogP contribution < -0.4 is 9.80 Å². The van der Waals surface area contributed by atoms with Crippen molar-refractivity contribution in [3.63, 3.8) is 0 Å². The molecule has 0 bridgehead atoms. The third kappa shape index (κ3) is 2.30. The number of rotatable bonds is 2. The molecule has 5 nitrogen and oxygen atoms in total. The first-order valence-corrected chi connectivity index (χ1v) is 8.84. The summed E-state index contributed by atoms with van der Waals surface area (Å²) in [6, 6.07) is 12.9. The molecular formula is C20H20N4O. The number of nitrogens with zero attached hydrogens (tertiary/aromatic N) is 4. The van der Waals surface area contributed by atoms with Gasteiger partial charge < -0.3 is 9.80 Å². The molecule has 0 N–H and O–H groups in total. The highest BCUT2D eigenvalue weighted by atomic mass is 16.2. The van der Waals surface area contributed by atoms with Gasteiger partial charge in [0.15, 0.2) is 0 Å². The van der Waals surface area contributed by atoms with Crippen LogP contribution in [0.2, 0.25) is 0 Å². The largest absolute Gasteiger partial charge is 0.365 e. The summed E-state index contributed by atoms with van der Waals surface area (Å²) in [7, 11) is 0. The molecule has 0 saturated heterocycles. The summed E-state index contributed by atoms with van der Waals surface area (Å²) >= 11 is 0. The summed E-state index contributed by atoms with van der Waals surface area (Å²) in [5.41, 5.74) is 4.85. The Hall–Kier alpha value is -2.82. The molecule has 2 aromatic heterocycles. The van der Waals surface area contributed by atoms with E-state index in [0.29, 0.717) is 11.6 Å². The van der Waals surface area contributed by atoms with E-state index in [9.17, 15) is 4.79 Å². The first-order chi connectivity index (χ1) is 12.2. The summed E-state index contributed by atoms with van der Waals surface area (Å²) in [5.74, 6) is 0.0310. The van der Waals surface area contributed by atoms with E-state index in [1.165, 1.54) is 18.5 Å². The Balaban J connectivity index is 1.57. The molecular weight excluding hydrogens is 312 g/mol. The molecule has 0 spiro atoms. The molecule has 3 heterocycles. The van der Waals surface area contributed by atoms with Gasteiger partial charge in [-0.25, -0.2) is 4.52 Å². The molecule has 0 radical (unpaired) electrons. The number of hydrogen-bond acceptors (Lipinski definition) is 3. The summed E-state index contributed by atoms with van der Waals surface area (Å²) < 4.78 is 1.77. The predicted molar refractivity (Wildman–Crippen MR) is 98.4 cm³/mol.